The molecule has 2 aliphatic carbocycles. The van der Waals surface area contributed by atoms with Crippen molar-refractivity contribution in [2.75, 3.05) is 12.9 Å². The van der Waals surface area contributed by atoms with Gasteiger partial charge in [-0.25, -0.2) is 4.98 Å². The van der Waals surface area contributed by atoms with Gasteiger partial charge in [-0.15, -0.1) is 0 Å². The van der Waals surface area contributed by atoms with E-state index >= 15 is 0 Å². The Bertz CT molecular complexity index is 903. The molecule has 0 bridgehead atoms. The van der Waals surface area contributed by atoms with E-state index in [1.54, 1.807) is 0 Å². The molecular weight excluding hydrogens is 360 g/mol. The van der Waals surface area contributed by atoms with Gasteiger partial charge in [-0.05, 0) is 36.7 Å². The summed E-state index contributed by atoms with van der Waals surface area (Å²) < 4.78 is 4.68. The van der Waals surface area contributed by atoms with E-state index in [2.05, 4.69) is 27.9 Å². The first kappa shape index (κ1) is 18.3. The quantitative estimate of drug-likeness (QED) is 0.480. The van der Waals surface area contributed by atoms with Crippen LogP contribution in [0.2, 0.25) is 0 Å². The molecule has 1 saturated carbocycles. The van der Waals surface area contributed by atoms with Crippen molar-refractivity contribution in [1.82, 2.24) is 9.97 Å². The van der Waals surface area contributed by atoms with Crippen LogP contribution in [0.5, 0.6) is 0 Å². The summed E-state index contributed by atoms with van der Waals surface area (Å²) in [6.07, 6.45) is 6.12. The lowest BCUT2D eigenvalue weighted by molar-refractivity contribution is -0.140. The average molecular weight is 385 g/mol. The highest BCUT2D eigenvalue weighted by Gasteiger charge is 2.35. The number of aromatic nitrogens is 2. The zero-order valence-corrected chi connectivity index (χ0v) is 16.3. The van der Waals surface area contributed by atoms with Crippen molar-refractivity contribution in [3.05, 3.63) is 45.7 Å². The summed E-state index contributed by atoms with van der Waals surface area (Å²) in [5.41, 5.74) is 4.02. The molecule has 0 unspecified atom stereocenters. The molecule has 1 atom stereocenters. The average Bonchev–Trinajstić information content (AvgIpc) is 3.22. The Hall–Kier alpha value is -2.08. The van der Waals surface area contributed by atoms with Crippen molar-refractivity contribution in [1.29, 1.82) is 0 Å². The molecule has 0 spiro atoms. The number of nitrogens with one attached hydrogen (secondary N) is 1. The number of benzene rings is 1. The molecule has 1 aromatic heterocycles. The van der Waals surface area contributed by atoms with E-state index in [1.165, 1.54) is 50.1 Å². The van der Waals surface area contributed by atoms with E-state index < -0.39 is 0 Å². The maximum absolute atomic E-state index is 13.0. The maximum atomic E-state index is 13.0. The number of esters is 1. The smallest absolute Gasteiger partial charge is 0.306 e. The first-order valence-electron chi connectivity index (χ1n) is 9.59. The Kier molecular flexibility index (Phi) is 5.34. The maximum Gasteiger partial charge on any atom is 0.306 e. The second kappa shape index (κ2) is 7.89. The van der Waals surface area contributed by atoms with Crippen LogP contribution in [0.15, 0.2) is 34.2 Å². The summed E-state index contributed by atoms with van der Waals surface area (Å²) in [6.45, 7) is 0. The van der Waals surface area contributed by atoms with Crippen molar-refractivity contribution < 1.29 is 9.53 Å². The summed E-state index contributed by atoms with van der Waals surface area (Å²) in [4.78, 5) is 32.1. The molecule has 1 N–H and O–H groups in total. The van der Waals surface area contributed by atoms with Gasteiger partial charge in [0.05, 0.1) is 19.2 Å². The third kappa shape index (κ3) is 3.68. The normalized spacial score (nSPS) is 18.8. The summed E-state index contributed by atoms with van der Waals surface area (Å²) >= 11 is 1.39. The molecule has 0 saturated heterocycles. The number of H-pyrrole nitrogens is 1. The minimum Gasteiger partial charge on any atom is -0.469 e. The minimum atomic E-state index is -0.255. The van der Waals surface area contributed by atoms with Gasteiger partial charge < -0.3 is 9.72 Å². The van der Waals surface area contributed by atoms with Crippen molar-refractivity contribution in [2.24, 2.45) is 5.92 Å². The van der Waals surface area contributed by atoms with Crippen LogP contribution in [0.4, 0.5) is 0 Å². The number of nitrogens with zero attached hydrogens (tertiary/aromatic N) is 1. The molecule has 1 heterocycles. The predicted molar refractivity (Wildman–Crippen MR) is 106 cm³/mol. The van der Waals surface area contributed by atoms with Gasteiger partial charge in [-0.3, -0.25) is 9.59 Å². The molecule has 2 aromatic rings. The highest BCUT2D eigenvalue weighted by Crippen LogP contribution is 2.45. The van der Waals surface area contributed by atoms with Gasteiger partial charge in [0.1, 0.15) is 0 Å². The van der Waals surface area contributed by atoms with Gasteiger partial charge in [0.25, 0.3) is 5.56 Å². The summed E-state index contributed by atoms with van der Waals surface area (Å²) in [5, 5.41) is 0.574. The molecule has 142 valence electrons. The molecule has 5 nitrogen and oxygen atoms in total. The molecular formula is C21H24N2O3S. The number of carbonyl (C=O) groups is 1. The van der Waals surface area contributed by atoms with Gasteiger partial charge in [0.15, 0.2) is 5.16 Å². The Balaban J connectivity index is 1.70. The van der Waals surface area contributed by atoms with Crippen LogP contribution in [-0.2, 0) is 16.0 Å². The van der Waals surface area contributed by atoms with E-state index in [4.69, 9.17) is 4.98 Å². The number of rotatable bonds is 5. The summed E-state index contributed by atoms with van der Waals surface area (Å²) in [5.74, 6) is 1.09. The van der Waals surface area contributed by atoms with E-state index in [9.17, 15) is 9.59 Å². The van der Waals surface area contributed by atoms with Crippen molar-refractivity contribution >= 4 is 17.7 Å². The number of aromatic amines is 1. The Morgan fingerprint density at radius 1 is 1.30 bits per heavy atom. The fourth-order valence-corrected chi connectivity index (χ4v) is 5.23. The zero-order chi connectivity index (χ0) is 18.8. The zero-order valence-electron chi connectivity index (χ0n) is 15.5. The molecule has 4 rings (SSSR count). The van der Waals surface area contributed by atoms with E-state index in [0.717, 1.165) is 23.2 Å². The lowest BCUT2D eigenvalue weighted by Crippen LogP contribution is -2.28. The second-order valence-corrected chi connectivity index (χ2v) is 8.40. The molecule has 0 radical (unpaired) electrons. The van der Waals surface area contributed by atoms with Crippen molar-refractivity contribution in [3.63, 3.8) is 0 Å². The molecule has 2 aliphatic rings. The first-order valence-corrected chi connectivity index (χ1v) is 10.6. The lowest BCUT2D eigenvalue weighted by atomic mass is 9.74. The van der Waals surface area contributed by atoms with E-state index in [-0.39, 0.29) is 17.4 Å². The molecule has 27 heavy (non-hydrogen) atoms. The third-order valence-electron chi connectivity index (χ3n) is 5.76. The lowest BCUT2D eigenvalue weighted by Gasteiger charge is -2.30. The van der Waals surface area contributed by atoms with Gasteiger partial charge in [0.2, 0.25) is 0 Å². The van der Waals surface area contributed by atoms with Crippen LogP contribution in [0, 0.1) is 5.92 Å². The van der Waals surface area contributed by atoms with Crippen molar-refractivity contribution in [2.45, 2.75) is 49.6 Å². The molecule has 1 aromatic carbocycles. The number of methoxy groups -OCH3 is 1. The number of hydrogen-bond acceptors (Lipinski definition) is 5. The highest BCUT2D eigenvalue weighted by atomic mass is 32.2. The van der Waals surface area contributed by atoms with Crippen LogP contribution >= 0.6 is 11.8 Å². The third-order valence-corrected chi connectivity index (χ3v) is 6.63. The van der Waals surface area contributed by atoms with E-state index in [0.29, 0.717) is 23.2 Å². The van der Waals surface area contributed by atoms with Crippen LogP contribution in [-0.4, -0.2) is 28.8 Å². The van der Waals surface area contributed by atoms with Crippen LogP contribution in [0.25, 0.3) is 11.3 Å². The predicted octanol–water partition coefficient (Wildman–Crippen LogP) is 3.92. The first-order chi connectivity index (χ1) is 13.2. The molecule has 6 heteroatoms. The number of ether oxygens (including phenoxy) is 1. The van der Waals surface area contributed by atoms with Gasteiger partial charge in [0, 0.05) is 16.9 Å². The standard InChI is InChI=1S/C21H24N2O3S/c1-26-17(24)10-11-27-21-22-19-15-9-5-4-8-14(15)12-16(13-6-2-3-7-13)18(19)20(25)23-21/h4-5,8-9,13,16H,2-3,6-7,10-12H2,1H3,(H,22,23,25)/t16-/m0/s1. The molecule has 0 amide bonds. The second-order valence-electron chi connectivity index (χ2n) is 7.32. The Labute approximate surface area is 162 Å². The largest absolute Gasteiger partial charge is 0.469 e. The fourth-order valence-electron chi connectivity index (χ4n) is 4.44. The number of hydrogen-bond donors (Lipinski definition) is 1. The van der Waals surface area contributed by atoms with Gasteiger partial charge in [-0.2, -0.15) is 0 Å². The number of fused-ring (bicyclic) bond motifs is 3. The number of thioether (sulfide) groups is 1. The highest BCUT2D eigenvalue weighted by molar-refractivity contribution is 7.99. The Morgan fingerprint density at radius 2 is 2.07 bits per heavy atom. The summed E-state index contributed by atoms with van der Waals surface area (Å²) in [7, 11) is 1.38. The molecule has 1 fully saturated rings. The minimum absolute atomic E-state index is 0.0213. The number of carbonyl (C=O) groups excluding carboxylic acids is 1. The van der Waals surface area contributed by atoms with Gasteiger partial charge in [-0.1, -0.05) is 48.9 Å². The summed E-state index contributed by atoms with van der Waals surface area (Å²) in [6, 6.07) is 8.29. The Morgan fingerprint density at radius 3 is 2.85 bits per heavy atom. The van der Waals surface area contributed by atoms with Crippen LogP contribution < -0.4 is 5.56 Å². The van der Waals surface area contributed by atoms with Crippen molar-refractivity contribution in [3.8, 4) is 11.3 Å². The molecule has 0 aliphatic heterocycles. The van der Waals surface area contributed by atoms with E-state index in [1.807, 2.05) is 6.07 Å². The topological polar surface area (TPSA) is 72.0 Å². The van der Waals surface area contributed by atoms with Gasteiger partial charge >= 0.3 is 5.97 Å². The van der Waals surface area contributed by atoms with Crippen LogP contribution in [0.1, 0.15) is 49.1 Å². The SMILES string of the molecule is COC(=O)CCSc1nc2c(c(=O)[nH]1)[C@H](C1CCCC1)Cc1ccccc1-2. The monoisotopic (exact) mass is 384 g/mol. The fraction of sp³-hybridized carbons (Fsp3) is 0.476. The van der Waals surface area contributed by atoms with Crippen LogP contribution in [0.3, 0.4) is 0 Å².